The molecule has 46 heavy (non-hydrogen) atoms. The molecule has 1 atom stereocenters. The molecule has 232 valence electrons. The van der Waals surface area contributed by atoms with Crippen LogP contribution in [0.4, 0.5) is 5.69 Å². The molecule has 2 amide bonds. The number of hydrogen-bond acceptors (Lipinski definition) is 8. The Bertz CT molecular complexity index is 1890. The minimum Gasteiger partial charge on any atom is -0.344 e. The lowest BCUT2D eigenvalue weighted by atomic mass is 9.99. The second-order valence-corrected chi connectivity index (χ2v) is 14.2. The van der Waals surface area contributed by atoms with Crippen molar-refractivity contribution in [3.63, 3.8) is 0 Å². The molecule has 0 fully saturated rings. The molecule has 2 heterocycles. The number of thiazole rings is 1. The molecule has 0 bridgehead atoms. The number of nitrogens with zero attached hydrogens (tertiary/aromatic N) is 4. The van der Waals surface area contributed by atoms with Crippen LogP contribution in [0.3, 0.4) is 0 Å². The summed E-state index contributed by atoms with van der Waals surface area (Å²) in [6.07, 6.45) is 0.674. The van der Waals surface area contributed by atoms with Crippen LogP contribution in [0.15, 0.2) is 119 Å². The number of aromatic nitrogens is 4. The molecule has 11 heteroatoms. The molecule has 0 radical (unpaired) electrons. The lowest BCUT2D eigenvalue weighted by Crippen LogP contribution is -2.30. The average molecular weight is 665 g/mol. The Kier molecular flexibility index (Phi) is 10.1. The average Bonchev–Trinajstić information content (AvgIpc) is 3.65. The van der Waals surface area contributed by atoms with Gasteiger partial charge >= 0.3 is 0 Å². The van der Waals surface area contributed by atoms with E-state index < -0.39 is 0 Å². The smallest absolute Gasteiger partial charge is 0.237 e. The van der Waals surface area contributed by atoms with Crippen molar-refractivity contribution in [3.8, 4) is 0 Å². The summed E-state index contributed by atoms with van der Waals surface area (Å²) >= 11 is 4.28. The van der Waals surface area contributed by atoms with E-state index in [1.54, 1.807) is 0 Å². The highest BCUT2D eigenvalue weighted by atomic mass is 32.2. The third-order valence-corrected chi connectivity index (χ3v) is 10.6. The van der Waals surface area contributed by atoms with Crippen LogP contribution in [0.5, 0.6) is 0 Å². The Morgan fingerprint density at radius 2 is 1.52 bits per heavy atom. The molecule has 0 spiro atoms. The van der Waals surface area contributed by atoms with Crippen LogP contribution in [0.25, 0.3) is 10.2 Å². The summed E-state index contributed by atoms with van der Waals surface area (Å²) in [7, 11) is 1.92. The molecule has 0 aliphatic heterocycles. The largest absolute Gasteiger partial charge is 0.344 e. The fourth-order valence-corrected chi connectivity index (χ4v) is 7.61. The first-order valence-electron chi connectivity index (χ1n) is 14.8. The Morgan fingerprint density at radius 1 is 0.870 bits per heavy atom. The molecule has 0 saturated carbocycles. The standard InChI is InChI=1S/C35H32N6O2S3/c1-23(45-34-40-39-30(41(34)2)20-24-12-6-3-7-13-24)33(43)36-27-18-19-28-29(21-27)46-35(37-28)44-22-31(42)38-32(25-14-8-4-9-15-25)26-16-10-5-11-17-26/h3-19,21,23,32H,20,22H2,1-2H3,(H,36,43)(H,38,42)/t23-/m0/s1. The van der Waals surface area contributed by atoms with Gasteiger partial charge in [-0.25, -0.2) is 4.98 Å². The fraction of sp³-hybridized carbons (Fsp3) is 0.171. The lowest BCUT2D eigenvalue weighted by Gasteiger charge is -2.19. The molecule has 0 aliphatic rings. The van der Waals surface area contributed by atoms with E-state index in [0.717, 1.165) is 37.1 Å². The summed E-state index contributed by atoms with van der Waals surface area (Å²) in [4.78, 5) is 30.8. The van der Waals surface area contributed by atoms with Gasteiger partial charge in [0.2, 0.25) is 11.8 Å². The van der Waals surface area contributed by atoms with Crippen molar-refractivity contribution in [2.45, 2.75) is 34.1 Å². The third kappa shape index (κ3) is 7.85. The van der Waals surface area contributed by atoms with E-state index in [1.807, 2.05) is 116 Å². The van der Waals surface area contributed by atoms with Crippen LogP contribution in [-0.4, -0.2) is 42.6 Å². The van der Waals surface area contributed by atoms with Crippen LogP contribution in [0, 0.1) is 0 Å². The molecular formula is C35H32N6O2S3. The van der Waals surface area contributed by atoms with Gasteiger partial charge < -0.3 is 15.2 Å². The maximum absolute atomic E-state index is 13.1. The van der Waals surface area contributed by atoms with Crippen molar-refractivity contribution in [1.29, 1.82) is 0 Å². The van der Waals surface area contributed by atoms with E-state index in [-0.39, 0.29) is 28.9 Å². The minimum atomic E-state index is -0.384. The monoisotopic (exact) mass is 664 g/mol. The topological polar surface area (TPSA) is 102 Å². The van der Waals surface area contributed by atoms with Gasteiger partial charge in [-0.05, 0) is 41.8 Å². The van der Waals surface area contributed by atoms with Crippen molar-refractivity contribution in [1.82, 2.24) is 25.1 Å². The summed E-state index contributed by atoms with van der Waals surface area (Å²) in [6, 6.07) is 35.5. The molecular weight excluding hydrogens is 633 g/mol. The first-order chi connectivity index (χ1) is 22.4. The molecule has 0 saturated heterocycles. The van der Waals surface area contributed by atoms with Gasteiger partial charge in [-0.2, -0.15) is 0 Å². The van der Waals surface area contributed by atoms with Gasteiger partial charge in [0.25, 0.3) is 0 Å². The first-order valence-corrected chi connectivity index (χ1v) is 17.4. The van der Waals surface area contributed by atoms with E-state index in [1.165, 1.54) is 34.9 Å². The second-order valence-electron chi connectivity index (χ2n) is 10.6. The molecule has 6 aromatic rings. The highest BCUT2D eigenvalue weighted by Crippen LogP contribution is 2.32. The minimum absolute atomic E-state index is 0.0727. The van der Waals surface area contributed by atoms with E-state index in [2.05, 4.69) is 33.0 Å². The molecule has 0 unspecified atom stereocenters. The number of rotatable bonds is 12. The van der Waals surface area contributed by atoms with Gasteiger partial charge in [0.05, 0.1) is 27.3 Å². The lowest BCUT2D eigenvalue weighted by molar-refractivity contribution is -0.119. The molecule has 2 aromatic heterocycles. The Hall–Kier alpha value is -4.45. The van der Waals surface area contributed by atoms with Crippen LogP contribution in [-0.2, 0) is 23.1 Å². The number of nitrogens with one attached hydrogen (secondary N) is 2. The quantitative estimate of drug-likeness (QED) is 0.134. The van der Waals surface area contributed by atoms with Crippen LogP contribution < -0.4 is 10.6 Å². The van der Waals surface area contributed by atoms with Gasteiger partial charge in [-0.1, -0.05) is 115 Å². The van der Waals surface area contributed by atoms with Gasteiger partial charge in [0.15, 0.2) is 9.50 Å². The third-order valence-electron chi connectivity index (χ3n) is 7.32. The summed E-state index contributed by atoms with van der Waals surface area (Å²) < 4.78 is 3.67. The number of carbonyl (C=O) groups is 2. The summed E-state index contributed by atoms with van der Waals surface area (Å²) in [6.45, 7) is 1.86. The Balaban J connectivity index is 1.04. The zero-order valence-corrected chi connectivity index (χ0v) is 27.7. The number of amides is 2. The maximum atomic E-state index is 13.1. The Morgan fingerprint density at radius 3 is 2.20 bits per heavy atom. The van der Waals surface area contributed by atoms with Crippen molar-refractivity contribution < 1.29 is 9.59 Å². The zero-order chi connectivity index (χ0) is 31.9. The van der Waals surface area contributed by atoms with Crippen molar-refractivity contribution in [3.05, 3.63) is 132 Å². The van der Waals surface area contributed by atoms with Gasteiger partial charge in [0, 0.05) is 19.2 Å². The van der Waals surface area contributed by atoms with Crippen molar-refractivity contribution in [2.24, 2.45) is 7.05 Å². The fourth-order valence-electron chi connectivity index (χ4n) is 4.86. The van der Waals surface area contributed by atoms with Crippen LogP contribution in [0.2, 0.25) is 0 Å². The molecule has 0 aliphatic carbocycles. The number of benzene rings is 4. The molecule has 6 rings (SSSR count). The normalized spacial score (nSPS) is 11.9. The number of anilines is 1. The van der Waals surface area contributed by atoms with Crippen molar-refractivity contribution in [2.75, 3.05) is 11.1 Å². The van der Waals surface area contributed by atoms with Crippen molar-refractivity contribution >= 4 is 62.6 Å². The van der Waals surface area contributed by atoms with Crippen LogP contribution in [0.1, 0.15) is 35.5 Å². The van der Waals surface area contributed by atoms with Gasteiger partial charge in [-0.15, -0.1) is 21.5 Å². The second kappa shape index (κ2) is 14.8. The summed E-state index contributed by atoms with van der Waals surface area (Å²) in [5, 5.41) is 15.2. The number of thioether (sulfide) groups is 2. The SMILES string of the molecule is C[C@H](Sc1nnc(Cc2ccccc2)n1C)C(=O)Nc1ccc2nc(SCC(=O)NC(c3ccccc3)c3ccccc3)sc2c1. The zero-order valence-electron chi connectivity index (χ0n) is 25.3. The van der Waals surface area contributed by atoms with E-state index in [0.29, 0.717) is 17.3 Å². The first kappa shape index (κ1) is 31.5. The predicted molar refractivity (Wildman–Crippen MR) is 187 cm³/mol. The molecule has 8 nitrogen and oxygen atoms in total. The highest BCUT2D eigenvalue weighted by molar-refractivity contribution is 8.01. The number of hydrogen-bond donors (Lipinski definition) is 2. The molecule has 2 N–H and O–H groups in total. The maximum Gasteiger partial charge on any atom is 0.237 e. The molecule has 4 aromatic carbocycles. The summed E-state index contributed by atoms with van der Waals surface area (Å²) in [5.74, 6) is 0.884. The number of carbonyl (C=O) groups excluding carboxylic acids is 2. The van der Waals surface area contributed by atoms with E-state index in [4.69, 9.17) is 4.98 Å². The van der Waals surface area contributed by atoms with Crippen LogP contribution >= 0.6 is 34.9 Å². The summed E-state index contributed by atoms with van der Waals surface area (Å²) in [5.41, 5.74) is 4.73. The number of fused-ring (bicyclic) bond motifs is 1. The van der Waals surface area contributed by atoms with E-state index >= 15 is 0 Å². The van der Waals surface area contributed by atoms with Gasteiger partial charge in [0.1, 0.15) is 5.82 Å². The van der Waals surface area contributed by atoms with E-state index in [9.17, 15) is 9.59 Å². The highest BCUT2D eigenvalue weighted by Gasteiger charge is 2.20. The predicted octanol–water partition coefficient (Wildman–Crippen LogP) is 7.13. The Labute approximate surface area is 280 Å². The van der Waals surface area contributed by atoms with Gasteiger partial charge in [-0.3, -0.25) is 9.59 Å².